The van der Waals surface area contributed by atoms with Gasteiger partial charge in [-0.25, -0.2) is 0 Å². The number of pyridine rings is 1. The van der Waals surface area contributed by atoms with E-state index in [1.54, 1.807) is 0 Å². The van der Waals surface area contributed by atoms with Crippen molar-refractivity contribution in [2.45, 2.75) is 18.9 Å². The Morgan fingerprint density at radius 1 is 1.25 bits per heavy atom. The minimum absolute atomic E-state index is 0. The van der Waals surface area contributed by atoms with Crippen molar-refractivity contribution in [1.29, 1.82) is 0 Å². The smallest absolute Gasteiger partial charge is 0.0303 e. The minimum atomic E-state index is 0. The molecule has 0 spiro atoms. The summed E-state index contributed by atoms with van der Waals surface area (Å²) in [6.07, 6.45) is 5.78. The van der Waals surface area contributed by atoms with Crippen molar-refractivity contribution < 1.29 is 0 Å². The van der Waals surface area contributed by atoms with E-state index in [0.717, 1.165) is 12.8 Å². The maximum Gasteiger partial charge on any atom is 0.0303 e. The molecule has 1 aliphatic rings. The second kappa shape index (κ2) is 4.65. The second-order valence-corrected chi connectivity index (χ2v) is 2.81. The molecule has 1 heterocycles. The minimum Gasteiger partial charge on any atom is -0.327 e. The number of halogens is 2. The van der Waals surface area contributed by atoms with Gasteiger partial charge in [0.25, 0.3) is 0 Å². The van der Waals surface area contributed by atoms with Gasteiger partial charge in [-0.15, -0.1) is 24.8 Å². The number of hydrogen-bond donors (Lipinski definition) is 1. The van der Waals surface area contributed by atoms with Gasteiger partial charge in [0.1, 0.15) is 0 Å². The third-order valence-electron chi connectivity index (χ3n) is 1.97. The first-order valence-corrected chi connectivity index (χ1v) is 3.53. The molecule has 1 aromatic heterocycles. The molecule has 1 atom stereocenters. The van der Waals surface area contributed by atoms with E-state index in [1.807, 2.05) is 12.4 Å². The van der Waals surface area contributed by atoms with Gasteiger partial charge in [0.2, 0.25) is 0 Å². The molecular formula is C8H12Cl2N2. The van der Waals surface area contributed by atoms with Crippen LogP contribution in [0.4, 0.5) is 0 Å². The summed E-state index contributed by atoms with van der Waals surface area (Å²) < 4.78 is 0. The molecule has 4 heteroatoms. The molecule has 0 saturated carbocycles. The van der Waals surface area contributed by atoms with Crippen LogP contribution in [-0.2, 0) is 12.8 Å². The van der Waals surface area contributed by atoms with Crippen LogP contribution >= 0.6 is 24.8 Å². The van der Waals surface area contributed by atoms with Crippen molar-refractivity contribution in [3.63, 3.8) is 0 Å². The SMILES string of the molecule is Cl.Cl.NC1Cc2ccncc2C1. The summed E-state index contributed by atoms with van der Waals surface area (Å²) in [6.45, 7) is 0. The number of nitrogens with two attached hydrogens (primary N) is 1. The molecule has 2 N–H and O–H groups in total. The average molecular weight is 207 g/mol. The third-order valence-corrected chi connectivity index (χ3v) is 1.97. The second-order valence-electron chi connectivity index (χ2n) is 2.81. The zero-order chi connectivity index (χ0) is 6.97. The summed E-state index contributed by atoms with van der Waals surface area (Å²) in [5.41, 5.74) is 8.46. The Balaban J connectivity index is 0.000000605. The molecule has 0 amide bonds. The number of hydrogen-bond acceptors (Lipinski definition) is 2. The summed E-state index contributed by atoms with van der Waals surface area (Å²) in [5, 5.41) is 0. The third kappa shape index (κ3) is 2.09. The Morgan fingerprint density at radius 2 is 1.92 bits per heavy atom. The van der Waals surface area contributed by atoms with Gasteiger partial charge < -0.3 is 5.73 Å². The molecule has 0 bridgehead atoms. The predicted molar refractivity (Wildman–Crippen MR) is 54.1 cm³/mol. The topological polar surface area (TPSA) is 38.9 Å². The van der Waals surface area contributed by atoms with Crippen LogP contribution in [0.5, 0.6) is 0 Å². The van der Waals surface area contributed by atoms with Crippen molar-refractivity contribution in [2.24, 2.45) is 5.73 Å². The fourth-order valence-corrected chi connectivity index (χ4v) is 1.48. The number of rotatable bonds is 0. The largest absolute Gasteiger partial charge is 0.327 e. The molecule has 0 radical (unpaired) electrons. The van der Waals surface area contributed by atoms with E-state index in [-0.39, 0.29) is 24.8 Å². The molecule has 1 aliphatic carbocycles. The first kappa shape index (κ1) is 11.7. The zero-order valence-corrected chi connectivity index (χ0v) is 8.20. The van der Waals surface area contributed by atoms with Crippen molar-refractivity contribution in [3.8, 4) is 0 Å². The summed E-state index contributed by atoms with van der Waals surface area (Å²) in [6, 6.07) is 2.39. The van der Waals surface area contributed by atoms with E-state index in [0.29, 0.717) is 6.04 Å². The first-order valence-electron chi connectivity index (χ1n) is 3.53. The summed E-state index contributed by atoms with van der Waals surface area (Å²) >= 11 is 0. The van der Waals surface area contributed by atoms with Crippen LogP contribution in [0.3, 0.4) is 0 Å². The normalized spacial score (nSPS) is 18.9. The Kier molecular flexibility index (Phi) is 4.53. The van der Waals surface area contributed by atoms with Crippen LogP contribution in [0.2, 0.25) is 0 Å². The maximum atomic E-state index is 5.76. The van der Waals surface area contributed by atoms with Gasteiger partial charge >= 0.3 is 0 Å². The van der Waals surface area contributed by atoms with Crippen LogP contribution in [0.15, 0.2) is 18.5 Å². The number of fused-ring (bicyclic) bond motifs is 1. The molecule has 68 valence electrons. The van der Waals surface area contributed by atoms with Crippen LogP contribution in [0.1, 0.15) is 11.1 Å². The monoisotopic (exact) mass is 206 g/mol. The lowest BCUT2D eigenvalue weighted by atomic mass is 10.2. The van der Waals surface area contributed by atoms with Crippen LogP contribution < -0.4 is 5.73 Å². The Labute approximate surface area is 84.4 Å². The van der Waals surface area contributed by atoms with Crippen molar-refractivity contribution in [1.82, 2.24) is 4.98 Å². The predicted octanol–water partition coefficient (Wildman–Crippen LogP) is 1.35. The van der Waals surface area contributed by atoms with Crippen molar-refractivity contribution >= 4 is 24.8 Å². The maximum absolute atomic E-state index is 5.76. The fourth-order valence-electron chi connectivity index (χ4n) is 1.48. The van der Waals surface area contributed by atoms with Gasteiger partial charge in [0.15, 0.2) is 0 Å². The van der Waals surface area contributed by atoms with Crippen LogP contribution in [0, 0.1) is 0 Å². The lowest BCUT2D eigenvalue weighted by molar-refractivity contribution is 0.721. The molecule has 0 aliphatic heterocycles. The molecule has 2 nitrogen and oxygen atoms in total. The van der Waals surface area contributed by atoms with E-state index >= 15 is 0 Å². The molecular weight excluding hydrogens is 195 g/mol. The Bertz CT molecular complexity index is 228. The first-order chi connectivity index (χ1) is 4.86. The Hall–Kier alpha value is -0.310. The highest BCUT2D eigenvalue weighted by molar-refractivity contribution is 5.85. The van der Waals surface area contributed by atoms with Crippen LogP contribution in [-0.4, -0.2) is 11.0 Å². The van der Waals surface area contributed by atoms with Gasteiger partial charge in [-0.3, -0.25) is 4.98 Å². The molecule has 12 heavy (non-hydrogen) atoms. The number of nitrogens with zero attached hydrogens (tertiary/aromatic N) is 1. The van der Waals surface area contributed by atoms with E-state index in [2.05, 4.69) is 11.1 Å². The molecule has 0 fully saturated rings. The van der Waals surface area contributed by atoms with Gasteiger partial charge in [-0.05, 0) is 30.0 Å². The average Bonchev–Trinajstić information content (AvgIpc) is 2.27. The Morgan fingerprint density at radius 3 is 2.58 bits per heavy atom. The lowest BCUT2D eigenvalue weighted by Crippen LogP contribution is -2.18. The van der Waals surface area contributed by atoms with Crippen molar-refractivity contribution in [3.05, 3.63) is 29.6 Å². The lowest BCUT2D eigenvalue weighted by Gasteiger charge is -1.94. The fraction of sp³-hybridized carbons (Fsp3) is 0.375. The summed E-state index contributed by atoms with van der Waals surface area (Å²) in [4.78, 5) is 4.04. The number of aromatic nitrogens is 1. The quantitative estimate of drug-likeness (QED) is 0.697. The van der Waals surface area contributed by atoms with E-state index < -0.39 is 0 Å². The van der Waals surface area contributed by atoms with E-state index in [9.17, 15) is 0 Å². The molecule has 0 aromatic carbocycles. The van der Waals surface area contributed by atoms with Gasteiger partial charge in [-0.2, -0.15) is 0 Å². The van der Waals surface area contributed by atoms with E-state index in [1.165, 1.54) is 11.1 Å². The highest BCUT2D eigenvalue weighted by Gasteiger charge is 2.16. The standard InChI is InChI=1S/C8H10N2.2ClH/c9-8-3-6-1-2-10-5-7(6)4-8;;/h1-2,5,8H,3-4,9H2;2*1H. The summed E-state index contributed by atoms with van der Waals surface area (Å²) in [5.74, 6) is 0. The molecule has 1 aromatic rings. The van der Waals surface area contributed by atoms with Gasteiger partial charge in [0.05, 0.1) is 0 Å². The zero-order valence-electron chi connectivity index (χ0n) is 6.56. The van der Waals surface area contributed by atoms with Crippen molar-refractivity contribution in [2.75, 3.05) is 0 Å². The van der Waals surface area contributed by atoms with Gasteiger partial charge in [-0.1, -0.05) is 0 Å². The molecule has 0 saturated heterocycles. The molecule has 2 rings (SSSR count). The summed E-state index contributed by atoms with van der Waals surface area (Å²) in [7, 11) is 0. The highest BCUT2D eigenvalue weighted by atomic mass is 35.5. The van der Waals surface area contributed by atoms with Crippen LogP contribution in [0.25, 0.3) is 0 Å². The van der Waals surface area contributed by atoms with E-state index in [4.69, 9.17) is 5.73 Å². The van der Waals surface area contributed by atoms with Gasteiger partial charge in [0, 0.05) is 18.4 Å². The highest BCUT2D eigenvalue weighted by Crippen LogP contribution is 2.18. The molecule has 1 unspecified atom stereocenters.